The molecule has 5 rings (SSSR count). The third-order valence-electron chi connectivity index (χ3n) is 8.77. The number of rotatable bonds is 4. The maximum Gasteiger partial charge on any atom is 0.311 e. The molecule has 3 aliphatic heterocycles. The zero-order chi connectivity index (χ0) is 20.4. The van der Waals surface area contributed by atoms with Crippen LogP contribution in [0.15, 0.2) is 0 Å². The highest BCUT2D eigenvalue weighted by molar-refractivity contribution is 5.76. The Morgan fingerprint density at radius 2 is 2.14 bits per heavy atom. The van der Waals surface area contributed by atoms with Gasteiger partial charge in [-0.15, -0.1) is 0 Å². The van der Waals surface area contributed by atoms with Gasteiger partial charge in [0.2, 0.25) is 0 Å². The molecule has 8 atom stereocenters. The van der Waals surface area contributed by atoms with E-state index < -0.39 is 0 Å². The standard InChI is InChI=1S/C23H35NO5/c1-4-27-20(25)15-8-6-10-24(12-15)13-16-18-17(28-21(16)26)11-22(3)9-5-7-14(2)23(22)19(18)29-23/h14-19H,4-13H2,1-3H3/t14-,15+,16-,17+,18+,19-,22+,23+/m0/s1. The number of fused-ring (bicyclic) bond motifs is 2. The Balaban J connectivity index is 1.31. The molecule has 6 nitrogen and oxygen atoms in total. The molecule has 0 aromatic rings. The maximum absolute atomic E-state index is 12.9. The van der Waals surface area contributed by atoms with Crippen molar-refractivity contribution in [3.05, 3.63) is 0 Å². The van der Waals surface area contributed by atoms with Crippen molar-refractivity contribution in [1.82, 2.24) is 4.90 Å². The Morgan fingerprint density at radius 3 is 2.93 bits per heavy atom. The molecule has 0 aromatic heterocycles. The van der Waals surface area contributed by atoms with Gasteiger partial charge in [-0.05, 0) is 51.5 Å². The number of nitrogens with zero attached hydrogens (tertiary/aromatic N) is 1. The van der Waals surface area contributed by atoms with Crippen LogP contribution in [-0.2, 0) is 23.8 Å². The molecular weight excluding hydrogens is 370 g/mol. The van der Waals surface area contributed by atoms with Gasteiger partial charge in [0.25, 0.3) is 0 Å². The average Bonchev–Trinajstić information content (AvgIpc) is 3.37. The Bertz CT molecular complexity index is 697. The molecule has 3 heterocycles. The van der Waals surface area contributed by atoms with Crippen LogP contribution in [-0.4, -0.2) is 60.9 Å². The summed E-state index contributed by atoms with van der Waals surface area (Å²) in [6, 6.07) is 0. The lowest BCUT2D eigenvalue weighted by molar-refractivity contribution is -0.150. The minimum atomic E-state index is -0.135. The summed E-state index contributed by atoms with van der Waals surface area (Å²) in [5.41, 5.74) is 0.0831. The summed E-state index contributed by atoms with van der Waals surface area (Å²) in [6.45, 7) is 9.25. The summed E-state index contributed by atoms with van der Waals surface area (Å²) in [5, 5.41) is 0. The van der Waals surface area contributed by atoms with Crippen LogP contribution in [0.3, 0.4) is 0 Å². The van der Waals surface area contributed by atoms with Crippen molar-refractivity contribution in [1.29, 1.82) is 0 Å². The highest BCUT2D eigenvalue weighted by Gasteiger charge is 2.78. The van der Waals surface area contributed by atoms with Crippen LogP contribution in [0.1, 0.15) is 59.3 Å². The third-order valence-corrected chi connectivity index (χ3v) is 8.77. The zero-order valence-corrected chi connectivity index (χ0v) is 18.0. The number of carbonyl (C=O) groups is 2. The van der Waals surface area contributed by atoms with Crippen LogP contribution < -0.4 is 0 Å². The number of hydrogen-bond donors (Lipinski definition) is 0. The summed E-state index contributed by atoms with van der Waals surface area (Å²) in [5.74, 6) is 0.347. The van der Waals surface area contributed by atoms with E-state index in [2.05, 4.69) is 18.7 Å². The van der Waals surface area contributed by atoms with Crippen molar-refractivity contribution in [2.75, 3.05) is 26.2 Å². The Kier molecular flexibility index (Phi) is 4.74. The number of esters is 2. The number of hydrogen-bond acceptors (Lipinski definition) is 6. The topological polar surface area (TPSA) is 68.4 Å². The molecule has 0 unspecified atom stereocenters. The average molecular weight is 406 g/mol. The fourth-order valence-corrected chi connectivity index (χ4v) is 7.39. The number of ether oxygens (including phenoxy) is 3. The van der Waals surface area contributed by atoms with Gasteiger partial charge in [-0.2, -0.15) is 0 Å². The van der Waals surface area contributed by atoms with Gasteiger partial charge in [0, 0.05) is 24.4 Å². The minimum Gasteiger partial charge on any atom is -0.466 e. The van der Waals surface area contributed by atoms with Gasteiger partial charge in [-0.3, -0.25) is 9.59 Å². The van der Waals surface area contributed by atoms with Gasteiger partial charge in [-0.25, -0.2) is 0 Å². The van der Waals surface area contributed by atoms with Gasteiger partial charge < -0.3 is 19.1 Å². The normalized spacial score (nSPS) is 48.9. The van der Waals surface area contributed by atoms with Crippen LogP contribution >= 0.6 is 0 Å². The summed E-state index contributed by atoms with van der Waals surface area (Å²) < 4.78 is 17.7. The molecule has 1 spiro atoms. The van der Waals surface area contributed by atoms with E-state index in [1.807, 2.05) is 6.92 Å². The molecule has 5 aliphatic rings. The molecule has 2 aliphatic carbocycles. The second-order valence-electron chi connectivity index (χ2n) is 10.4. The predicted octanol–water partition coefficient (Wildman–Crippen LogP) is 2.79. The third kappa shape index (κ3) is 2.88. The van der Waals surface area contributed by atoms with E-state index in [4.69, 9.17) is 14.2 Å². The molecule has 29 heavy (non-hydrogen) atoms. The lowest BCUT2D eigenvalue weighted by atomic mass is 9.53. The quantitative estimate of drug-likeness (QED) is 0.529. The highest BCUT2D eigenvalue weighted by atomic mass is 16.6. The van der Waals surface area contributed by atoms with Crippen molar-refractivity contribution in [3.63, 3.8) is 0 Å². The van der Waals surface area contributed by atoms with Crippen LogP contribution in [0.2, 0.25) is 0 Å². The zero-order valence-electron chi connectivity index (χ0n) is 18.0. The van der Waals surface area contributed by atoms with E-state index in [0.717, 1.165) is 25.8 Å². The summed E-state index contributed by atoms with van der Waals surface area (Å²) in [4.78, 5) is 27.4. The molecule has 0 N–H and O–H groups in total. The highest BCUT2D eigenvalue weighted by Crippen LogP contribution is 2.70. The van der Waals surface area contributed by atoms with Crippen molar-refractivity contribution < 1.29 is 23.8 Å². The molecule has 0 aromatic carbocycles. The lowest BCUT2D eigenvalue weighted by Gasteiger charge is -2.49. The monoisotopic (exact) mass is 405 g/mol. The first kappa shape index (κ1) is 19.8. The lowest BCUT2D eigenvalue weighted by Crippen LogP contribution is -2.55. The fourth-order valence-electron chi connectivity index (χ4n) is 7.39. The molecule has 5 fully saturated rings. The van der Waals surface area contributed by atoms with Crippen LogP contribution in [0.5, 0.6) is 0 Å². The predicted molar refractivity (Wildman–Crippen MR) is 106 cm³/mol. The minimum absolute atomic E-state index is 0.00549. The van der Waals surface area contributed by atoms with E-state index in [-0.39, 0.29) is 52.9 Å². The molecule has 3 saturated heterocycles. The Morgan fingerprint density at radius 1 is 1.31 bits per heavy atom. The first-order chi connectivity index (χ1) is 13.9. The second kappa shape index (κ2) is 6.94. The molecule has 2 saturated carbocycles. The van der Waals surface area contributed by atoms with Crippen LogP contribution in [0.4, 0.5) is 0 Å². The van der Waals surface area contributed by atoms with E-state index >= 15 is 0 Å². The number of piperidine rings is 1. The fraction of sp³-hybridized carbons (Fsp3) is 0.913. The largest absolute Gasteiger partial charge is 0.466 e. The maximum atomic E-state index is 12.9. The summed E-state index contributed by atoms with van der Waals surface area (Å²) in [7, 11) is 0. The number of epoxide rings is 1. The van der Waals surface area contributed by atoms with Crippen LogP contribution in [0, 0.1) is 29.1 Å². The SMILES string of the molecule is CCOC(=O)[C@@H]1CCCN(C[C@@H]2C(=O)O[C@@H]3C[C@@]4(C)CCC[C@H](C)[C@]45O[C@H]5[C@H]23)C1. The van der Waals surface area contributed by atoms with Gasteiger partial charge in [0.1, 0.15) is 11.7 Å². The first-order valence-electron chi connectivity index (χ1n) is 11.7. The molecule has 6 heteroatoms. The molecule has 0 bridgehead atoms. The second-order valence-corrected chi connectivity index (χ2v) is 10.4. The van der Waals surface area contributed by atoms with E-state index in [0.29, 0.717) is 25.6 Å². The van der Waals surface area contributed by atoms with Gasteiger partial charge in [0.05, 0.1) is 24.5 Å². The van der Waals surface area contributed by atoms with E-state index in [9.17, 15) is 9.59 Å². The van der Waals surface area contributed by atoms with E-state index in [1.54, 1.807) is 0 Å². The van der Waals surface area contributed by atoms with Crippen molar-refractivity contribution in [2.24, 2.45) is 29.1 Å². The number of carbonyl (C=O) groups excluding carboxylic acids is 2. The van der Waals surface area contributed by atoms with Gasteiger partial charge >= 0.3 is 11.9 Å². The molecular formula is C23H35NO5. The van der Waals surface area contributed by atoms with Crippen molar-refractivity contribution in [3.8, 4) is 0 Å². The number of likely N-dealkylation sites (tertiary alicyclic amines) is 1. The van der Waals surface area contributed by atoms with Crippen molar-refractivity contribution in [2.45, 2.75) is 77.1 Å². The Labute approximate surface area is 173 Å². The van der Waals surface area contributed by atoms with E-state index in [1.165, 1.54) is 19.3 Å². The molecule has 0 amide bonds. The van der Waals surface area contributed by atoms with Crippen LogP contribution in [0.25, 0.3) is 0 Å². The Hall–Kier alpha value is -1.14. The molecule has 0 radical (unpaired) electrons. The van der Waals surface area contributed by atoms with Gasteiger partial charge in [0.15, 0.2) is 0 Å². The summed E-state index contributed by atoms with van der Waals surface area (Å²) >= 11 is 0. The molecule has 162 valence electrons. The smallest absolute Gasteiger partial charge is 0.311 e. The van der Waals surface area contributed by atoms with Crippen molar-refractivity contribution >= 4 is 11.9 Å². The van der Waals surface area contributed by atoms with Gasteiger partial charge in [-0.1, -0.05) is 20.3 Å². The summed E-state index contributed by atoms with van der Waals surface area (Å²) in [6.07, 6.45) is 6.57. The first-order valence-corrected chi connectivity index (χ1v) is 11.7.